The molecule has 3 heterocycles. The highest BCUT2D eigenvalue weighted by Gasteiger charge is 2.75. The third kappa shape index (κ3) is 2.86. The molecule has 7 rings (SSSR count). The first kappa shape index (κ1) is 23.5. The highest BCUT2D eigenvalue weighted by Crippen LogP contribution is 2.73. The minimum Gasteiger partial charge on any atom is -0.391 e. The predicted molar refractivity (Wildman–Crippen MR) is 145 cm³/mol. The fraction of sp³-hybridized carbons (Fsp3) is 0.633. The SMILES string of the molecule is CN(C)[C@H]1C[C@@]23CC[C@]4(O2)C2CC=C(c5ccc6c(N)nccc6c5)C2(C)CCC4(Cl)CC3CC1O. The van der Waals surface area contributed by atoms with E-state index < -0.39 is 0 Å². The molecular weight excluding hydrogens is 470 g/mol. The number of nitrogen functional groups attached to an aromatic ring is 1. The van der Waals surface area contributed by atoms with Crippen LogP contribution in [0.5, 0.6) is 0 Å². The average molecular weight is 508 g/mol. The zero-order chi connectivity index (χ0) is 25.1. The number of aliphatic hydroxyl groups excluding tert-OH is 1. The van der Waals surface area contributed by atoms with Gasteiger partial charge in [0.2, 0.25) is 0 Å². The van der Waals surface area contributed by atoms with E-state index in [0.29, 0.717) is 17.7 Å². The highest BCUT2D eigenvalue weighted by atomic mass is 35.5. The van der Waals surface area contributed by atoms with Crippen LogP contribution in [0.4, 0.5) is 5.82 Å². The number of aromatic nitrogens is 1. The second-order valence-electron chi connectivity index (χ2n) is 12.9. The Morgan fingerprint density at radius 3 is 2.78 bits per heavy atom. The summed E-state index contributed by atoms with van der Waals surface area (Å²) in [5.74, 6) is 1.30. The molecule has 5 nitrogen and oxygen atoms in total. The van der Waals surface area contributed by atoms with Crippen LogP contribution in [0.2, 0.25) is 0 Å². The van der Waals surface area contributed by atoms with Crippen LogP contribution in [0, 0.1) is 17.3 Å². The summed E-state index contributed by atoms with van der Waals surface area (Å²) in [6, 6.07) is 8.82. The molecule has 2 saturated heterocycles. The monoisotopic (exact) mass is 507 g/mol. The van der Waals surface area contributed by atoms with E-state index in [9.17, 15) is 5.11 Å². The second kappa shape index (κ2) is 7.47. The number of ether oxygens (including phenoxy) is 1. The lowest BCUT2D eigenvalue weighted by atomic mass is 9.52. The first-order valence-corrected chi connectivity index (χ1v) is 14.1. The van der Waals surface area contributed by atoms with Gasteiger partial charge in [0.25, 0.3) is 0 Å². The Kier molecular flexibility index (Phi) is 4.86. The number of rotatable bonds is 2. The van der Waals surface area contributed by atoms with Crippen molar-refractivity contribution in [2.45, 2.75) is 86.5 Å². The Balaban J connectivity index is 1.26. The number of aliphatic hydroxyl groups is 1. The van der Waals surface area contributed by atoms with Crippen LogP contribution >= 0.6 is 11.6 Å². The van der Waals surface area contributed by atoms with Crippen LogP contribution in [-0.4, -0.2) is 57.3 Å². The molecule has 2 aliphatic heterocycles. The zero-order valence-corrected chi connectivity index (χ0v) is 22.4. The molecule has 6 heteroatoms. The number of fused-ring (bicyclic) bond motifs is 2. The molecule has 2 spiro atoms. The standard InChI is InChI=1S/C30H38ClN3O2/c1-27-9-11-29(31)16-20-15-24(35)23(34(2)3)17-28(20)10-12-30(29,36-28)25(27)7-6-22(27)19-4-5-21-18(14-19)8-13-33-26(21)32/h4-6,8,13-14,20,23-25,35H,7,9-12,15-17H2,1-3H3,(H2,32,33)/t20?,23-,24?,25?,27?,28+,29?,30-/m0/s1. The normalized spacial score (nSPS) is 45.3. The molecule has 4 fully saturated rings. The number of allylic oxidation sites excluding steroid dienone is 2. The maximum Gasteiger partial charge on any atom is 0.131 e. The van der Waals surface area contributed by atoms with Gasteiger partial charge in [0.1, 0.15) is 5.82 Å². The average Bonchev–Trinajstić information content (AvgIpc) is 3.37. The van der Waals surface area contributed by atoms with Crippen molar-refractivity contribution >= 4 is 33.8 Å². The molecule has 1 aromatic heterocycles. The van der Waals surface area contributed by atoms with Gasteiger partial charge in [-0.15, -0.1) is 11.6 Å². The molecule has 3 N–H and O–H groups in total. The summed E-state index contributed by atoms with van der Waals surface area (Å²) in [6.45, 7) is 2.46. The number of likely N-dealkylation sites (N-methyl/N-ethyl adjacent to an activating group) is 1. The lowest BCUT2D eigenvalue weighted by molar-refractivity contribution is -0.255. The molecule has 2 bridgehead atoms. The summed E-state index contributed by atoms with van der Waals surface area (Å²) in [5, 5.41) is 13.1. The number of hydrogen-bond acceptors (Lipinski definition) is 5. The summed E-state index contributed by atoms with van der Waals surface area (Å²) in [4.78, 5) is 6.10. The molecule has 0 amide bonds. The molecule has 5 aliphatic rings. The van der Waals surface area contributed by atoms with Crippen molar-refractivity contribution in [3.63, 3.8) is 0 Å². The van der Waals surface area contributed by atoms with Crippen molar-refractivity contribution in [2.24, 2.45) is 17.3 Å². The van der Waals surface area contributed by atoms with Crippen LogP contribution in [-0.2, 0) is 4.74 Å². The minimum atomic E-state index is -0.348. The van der Waals surface area contributed by atoms with Crippen molar-refractivity contribution < 1.29 is 9.84 Å². The predicted octanol–water partition coefficient (Wildman–Crippen LogP) is 5.39. The van der Waals surface area contributed by atoms with E-state index in [-0.39, 0.29) is 33.6 Å². The van der Waals surface area contributed by atoms with E-state index in [1.807, 2.05) is 0 Å². The van der Waals surface area contributed by atoms with Crippen LogP contribution in [0.3, 0.4) is 0 Å². The fourth-order valence-corrected chi connectivity index (χ4v) is 9.91. The molecular formula is C30H38ClN3O2. The highest BCUT2D eigenvalue weighted by molar-refractivity contribution is 6.25. The number of benzene rings is 1. The largest absolute Gasteiger partial charge is 0.391 e. The Hall–Kier alpha value is -1.66. The van der Waals surface area contributed by atoms with Gasteiger partial charge in [-0.1, -0.05) is 25.1 Å². The lowest BCUT2D eigenvalue weighted by Crippen LogP contribution is -2.69. The van der Waals surface area contributed by atoms with Crippen LogP contribution < -0.4 is 5.73 Å². The number of nitrogens with two attached hydrogens (primary N) is 1. The van der Waals surface area contributed by atoms with Crippen molar-refractivity contribution in [3.8, 4) is 0 Å². The Labute approximate surface area is 219 Å². The fourth-order valence-electron chi connectivity index (χ4n) is 9.36. The maximum atomic E-state index is 11.0. The number of alkyl halides is 1. The van der Waals surface area contributed by atoms with Gasteiger partial charge in [0.05, 0.1) is 22.2 Å². The van der Waals surface area contributed by atoms with Crippen LogP contribution in [0.15, 0.2) is 36.5 Å². The topological polar surface area (TPSA) is 71.6 Å². The van der Waals surface area contributed by atoms with Gasteiger partial charge in [-0.05, 0) is 105 Å². The molecule has 1 aromatic carbocycles. The maximum absolute atomic E-state index is 11.0. The first-order valence-electron chi connectivity index (χ1n) is 13.7. The first-order chi connectivity index (χ1) is 17.1. The van der Waals surface area contributed by atoms with Gasteiger partial charge in [-0.3, -0.25) is 0 Å². The molecule has 5 unspecified atom stereocenters. The lowest BCUT2D eigenvalue weighted by Gasteiger charge is -2.64. The smallest absolute Gasteiger partial charge is 0.131 e. The summed E-state index contributed by atoms with van der Waals surface area (Å²) in [6.07, 6.45) is 11.8. The summed E-state index contributed by atoms with van der Waals surface area (Å²) in [5.41, 5.74) is 8.43. The van der Waals surface area contributed by atoms with E-state index in [2.05, 4.69) is 61.2 Å². The molecule has 8 atom stereocenters. The molecule has 2 aromatic rings. The third-order valence-electron chi connectivity index (χ3n) is 11.2. The summed E-state index contributed by atoms with van der Waals surface area (Å²) in [7, 11) is 4.17. The molecule has 2 saturated carbocycles. The van der Waals surface area contributed by atoms with Crippen LogP contribution in [0.1, 0.15) is 63.9 Å². The Morgan fingerprint density at radius 1 is 1.14 bits per heavy atom. The molecule has 192 valence electrons. The van der Waals surface area contributed by atoms with Crippen molar-refractivity contribution in [1.82, 2.24) is 9.88 Å². The minimum absolute atomic E-state index is 0.0259. The van der Waals surface area contributed by atoms with Gasteiger partial charge in [-0.25, -0.2) is 4.98 Å². The molecule has 3 aliphatic carbocycles. The van der Waals surface area contributed by atoms with Crippen molar-refractivity contribution in [3.05, 3.63) is 42.1 Å². The van der Waals surface area contributed by atoms with E-state index in [1.54, 1.807) is 6.20 Å². The number of hydrogen-bond donors (Lipinski definition) is 2. The summed E-state index contributed by atoms with van der Waals surface area (Å²) < 4.78 is 7.43. The zero-order valence-electron chi connectivity index (χ0n) is 21.6. The van der Waals surface area contributed by atoms with E-state index in [0.717, 1.165) is 62.1 Å². The quantitative estimate of drug-likeness (QED) is 0.533. The van der Waals surface area contributed by atoms with Gasteiger partial charge >= 0.3 is 0 Å². The van der Waals surface area contributed by atoms with Crippen molar-refractivity contribution in [1.29, 1.82) is 0 Å². The number of nitrogens with zero attached hydrogens (tertiary/aromatic N) is 2. The third-order valence-corrected chi connectivity index (χ3v) is 11.9. The van der Waals surface area contributed by atoms with Crippen molar-refractivity contribution in [2.75, 3.05) is 19.8 Å². The Bertz CT molecular complexity index is 1280. The van der Waals surface area contributed by atoms with E-state index >= 15 is 0 Å². The Morgan fingerprint density at radius 2 is 1.97 bits per heavy atom. The van der Waals surface area contributed by atoms with Crippen LogP contribution in [0.25, 0.3) is 16.3 Å². The molecule has 0 radical (unpaired) electrons. The summed E-state index contributed by atoms with van der Waals surface area (Å²) >= 11 is 7.68. The van der Waals surface area contributed by atoms with E-state index in [1.165, 1.54) is 11.1 Å². The van der Waals surface area contributed by atoms with Gasteiger partial charge < -0.3 is 20.5 Å². The van der Waals surface area contributed by atoms with Gasteiger partial charge in [-0.2, -0.15) is 0 Å². The van der Waals surface area contributed by atoms with E-state index in [4.69, 9.17) is 22.1 Å². The second-order valence-corrected chi connectivity index (χ2v) is 13.6. The van der Waals surface area contributed by atoms with Gasteiger partial charge in [0.15, 0.2) is 0 Å². The number of halogens is 1. The number of anilines is 1. The van der Waals surface area contributed by atoms with Gasteiger partial charge in [0, 0.05) is 23.5 Å². The number of pyridine rings is 1. The molecule has 36 heavy (non-hydrogen) atoms.